The van der Waals surface area contributed by atoms with E-state index in [4.69, 9.17) is 5.73 Å². The first-order valence-electron chi connectivity index (χ1n) is 6.73. The molecule has 0 spiro atoms. The maximum atomic E-state index is 5.74. The highest BCUT2D eigenvalue weighted by molar-refractivity contribution is 5.40. The van der Waals surface area contributed by atoms with Crippen molar-refractivity contribution < 1.29 is 0 Å². The minimum Gasteiger partial charge on any atom is -0.399 e. The molecule has 17 heavy (non-hydrogen) atoms. The SMILES string of the molecule is CC(C)CN1CCCC(c2ccc(N)cc2)C1. The first kappa shape index (κ1) is 12.4. The molecule has 1 unspecified atom stereocenters. The number of piperidine rings is 1. The van der Waals surface area contributed by atoms with Gasteiger partial charge in [-0.1, -0.05) is 26.0 Å². The molecular weight excluding hydrogens is 208 g/mol. The molecule has 1 aliphatic heterocycles. The summed E-state index contributed by atoms with van der Waals surface area (Å²) in [5.74, 6) is 1.46. The van der Waals surface area contributed by atoms with E-state index in [2.05, 4.69) is 30.9 Å². The van der Waals surface area contributed by atoms with Gasteiger partial charge in [-0.25, -0.2) is 0 Å². The van der Waals surface area contributed by atoms with E-state index >= 15 is 0 Å². The van der Waals surface area contributed by atoms with Gasteiger partial charge >= 0.3 is 0 Å². The zero-order chi connectivity index (χ0) is 12.3. The van der Waals surface area contributed by atoms with Gasteiger partial charge in [-0.3, -0.25) is 0 Å². The third-order valence-electron chi connectivity index (χ3n) is 3.54. The minimum atomic E-state index is 0.697. The van der Waals surface area contributed by atoms with E-state index in [1.165, 1.54) is 38.0 Å². The van der Waals surface area contributed by atoms with Crippen molar-refractivity contribution >= 4 is 5.69 Å². The van der Waals surface area contributed by atoms with Crippen molar-refractivity contribution in [2.24, 2.45) is 5.92 Å². The number of nitrogens with two attached hydrogens (primary N) is 1. The third-order valence-corrected chi connectivity index (χ3v) is 3.54. The van der Waals surface area contributed by atoms with Crippen LogP contribution in [-0.2, 0) is 0 Å². The Morgan fingerprint density at radius 1 is 1.29 bits per heavy atom. The summed E-state index contributed by atoms with van der Waals surface area (Å²) in [6.07, 6.45) is 2.64. The Labute approximate surface area is 105 Å². The van der Waals surface area contributed by atoms with Crippen LogP contribution in [0.15, 0.2) is 24.3 Å². The molecule has 1 fully saturated rings. The van der Waals surface area contributed by atoms with Crippen LogP contribution in [-0.4, -0.2) is 24.5 Å². The molecular formula is C15H24N2. The molecule has 1 aliphatic rings. The number of nitrogens with zero attached hydrogens (tertiary/aromatic N) is 1. The maximum Gasteiger partial charge on any atom is 0.0314 e. The molecule has 0 bridgehead atoms. The van der Waals surface area contributed by atoms with Gasteiger partial charge in [0.05, 0.1) is 0 Å². The highest BCUT2D eigenvalue weighted by atomic mass is 15.1. The van der Waals surface area contributed by atoms with Crippen LogP contribution in [0.4, 0.5) is 5.69 Å². The molecule has 2 rings (SSSR count). The Bertz CT molecular complexity index is 342. The normalized spacial score (nSPS) is 21.9. The van der Waals surface area contributed by atoms with Crippen LogP contribution in [0.3, 0.4) is 0 Å². The van der Waals surface area contributed by atoms with Crippen molar-refractivity contribution in [2.45, 2.75) is 32.6 Å². The molecule has 2 heteroatoms. The lowest BCUT2D eigenvalue weighted by Gasteiger charge is -2.34. The quantitative estimate of drug-likeness (QED) is 0.811. The minimum absolute atomic E-state index is 0.697. The summed E-state index contributed by atoms with van der Waals surface area (Å²) < 4.78 is 0. The fourth-order valence-electron chi connectivity index (χ4n) is 2.78. The Morgan fingerprint density at radius 3 is 2.65 bits per heavy atom. The van der Waals surface area contributed by atoms with Crippen LogP contribution in [0.25, 0.3) is 0 Å². The second-order valence-corrected chi connectivity index (χ2v) is 5.66. The van der Waals surface area contributed by atoms with Crippen molar-refractivity contribution in [1.82, 2.24) is 4.90 Å². The number of hydrogen-bond acceptors (Lipinski definition) is 2. The molecule has 1 aromatic carbocycles. The van der Waals surface area contributed by atoms with Crippen molar-refractivity contribution in [3.05, 3.63) is 29.8 Å². The van der Waals surface area contributed by atoms with Gasteiger partial charge in [-0.2, -0.15) is 0 Å². The van der Waals surface area contributed by atoms with E-state index in [-0.39, 0.29) is 0 Å². The van der Waals surface area contributed by atoms with Crippen LogP contribution in [0, 0.1) is 5.92 Å². The van der Waals surface area contributed by atoms with E-state index in [0.717, 1.165) is 11.6 Å². The van der Waals surface area contributed by atoms with E-state index in [0.29, 0.717) is 5.92 Å². The first-order chi connectivity index (χ1) is 8.15. The number of hydrogen-bond donors (Lipinski definition) is 1. The Hall–Kier alpha value is -1.02. The summed E-state index contributed by atoms with van der Waals surface area (Å²) in [5.41, 5.74) is 8.05. The molecule has 1 saturated heterocycles. The lowest BCUT2D eigenvalue weighted by atomic mass is 9.90. The Balaban J connectivity index is 1.99. The van der Waals surface area contributed by atoms with Gasteiger partial charge in [0, 0.05) is 18.8 Å². The second kappa shape index (κ2) is 5.54. The summed E-state index contributed by atoms with van der Waals surface area (Å²) in [6, 6.07) is 8.44. The van der Waals surface area contributed by atoms with Gasteiger partial charge in [0.15, 0.2) is 0 Å². The molecule has 1 aromatic rings. The highest BCUT2D eigenvalue weighted by Gasteiger charge is 2.21. The summed E-state index contributed by atoms with van der Waals surface area (Å²) in [5, 5.41) is 0. The number of benzene rings is 1. The predicted octanol–water partition coefficient (Wildman–Crippen LogP) is 3.10. The Morgan fingerprint density at radius 2 is 2.00 bits per heavy atom. The van der Waals surface area contributed by atoms with Gasteiger partial charge in [-0.05, 0) is 48.9 Å². The lowest BCUT2D eigenvalue weighted by molar-refractivity contribution is 0.188. The largest absolute Gasteiger partial charge is 0.399 e. The first-order valence-corrected chi connectivity index (χ1v) is 6.73. The summed E-state index contributed by atoms with van der Waals surface area (Å²) in [6.45, 7) is 8.30. The van der Waals surface area contributed by atoms with Crippen molar-refractivity contribution in [1.29, 1.82) is 0 Å². The van der Waals surface area contributed by atoms with E-state index in [1.54, 1.807) is 0 Å². The summed E-state index contributed by atoms with van der Waals surface area (Å²) in [4.78, 5) is 2.61. The van der Waals surface area contributed by atoms with E-state index in [9.17, 15) is 0 Å². The van der Waals surface area contributed by atoms with Gasteiger partial charge in [0.1, 0.15) is 0 Å². The molecule has 2 N–H and O–H groups in total. The van der Waals surface area contributed by atoms with Crippen LogP contribution >= 0.6 is 0 Å². The monoisotopic (exact) mass is 232 g/mol. The molecule has 0 aliphatic carbocycles. The van der Waals surface area contributed by atoms with Gasteiger partial charge < -0.3 is 10.6 Å². The fraction of sp³-hybridized carbons (Fsp3) is 0.600. The Kier molecular flexibility index (Phi) is 4.06. The summed E-state index contributed by atoms with van der Waals surface area (Å²) in [7, 11) is 0. The van der Waals surface area contributed by atoms with Crippen molar-refractivity contribution in [3.63, 3.8) is 0 Å². The van der Waals surface area contributed by atoms with Crippen LogP contribution in [0.2, 0.25) is 0 Å². The fourth-order valence-corrected chi connectivity index (χ4v) is 2.78. The van der Waals surface area contributed by atoms with Crippen LogP contribution in [0.5, 0.6) is 0 Å². The smallest absolute Gasteiger partial charge is 0.0314 e. The number of nitrogen functional groups attached to an aromatic ring is 1. The molecule has 0 amide bonds. The summed E-state index contributed by atoms with van der Waals surface area (Å²) >= 11 is 0. The van der Waals surface area contributed by atoms with Gasteiger partial charge in [0.25, 0.3) is 0 Å². The van der Waals surface area contributed by atoms with Gasteiger partial charge in [0.2, 0.25) is 0 Å². The third kappa shape index (κ3) is 3.47. The molecule has 1 atom stereocenters. The molecule has 0 radical (unpaired) electrons. The zero-order valence-corrected chi connectivity index (χ0v) is 11.0. The number of anilines is 1. The van der Waals surface area contributed by atoms with Gasteiger partial charge in [-0.15, -0.1) is 0 Å². The van der Waals surface area contributed by atoms with Crippen molar-refractivity contribution in [3.8, 4) is 0 Å². The average Bonchev–Trinajstić information content (AvgIpc) is 2.29. The van der Waals surface area contributed by atoms with E-state index < -0.39 is 0 Å². The standard InChI is InChI=1S/C15H24N2/c1-12(2)10-17-9-3-4-14(11-17)13-5-7-15(16)8-6-13/h5-8,12,14H,3-4,9-11,16H2,1-2H3. The molecule has 0 aromatic heterocycles. The van der Waals surface area contributed by atoms with Crippen LogP contribution in [0.1, 0.15) is 38.2 Å². The maximum absolute atomic E-state index is 5.74. The van der Waals surface area contributed by atoms with Crippen LogP contribution < -0.4 is 5.73 Å². The molecule has 0 saturated carbocycles. The number of rotatable bonds is 3. The van der Waals surface area contributed by atoms with E-state index in [1.807, 2.05) is 12.1 Å². The lowest BCUT2D eigenvalue weighted by Crippen LogP contribution is -2.36. The molecule has 94 valence electrons. The average molecular weight is 232 g/mol. The second-order valence-electron chi connectivity index (χ2n) is 5.66. The topological polar surface area (TPSA) is 29.3 Å². The van der Waals surface area contributed by atoms with Crippen molar-refractivity contribution in [2.75, 3.05) is 25.4 Å². The molecule has 2 nitrogen and oxygen atoms in total. The highest BCUT2D eigenvalue weighted by Crippen LogP contribution is 2.27. The predicted molar refractivity (Wildman–Crippen MR) is 74.1 cm³/mol. The zero-order valence-electron chi connectivity index (χ0n) is 11.0. The number of likely N-dealkylation sites (tertiary alicyclic amines) is 1. The molecule has 1 heterocycles.